The maximum absolute atomic E-state index is 13.2. The van der Waals surface area contributed by atoms with Crippen LogP contribution in [-0.4, -0.2) is 76.1 Å². The summed E-state index contributed by atoms with van der Waals surface area (Å²) in [6, 6.07) is 13.4. The summed E-state index contributed by atoms with van der Waals surface area (Å²) in [5.74, 6) is -1.16. The zero-order valence-electron chi connectivity index (χ0n) is 19.1. The first-order chi connectivity index (χ1) is 16.8. The topological polar surface area (TPSA) is 105 Å². The Kier molecular flexibility index (Phi) is 7.69. The van der Waals surface area contributed by atoms with E-state index in [0.717, 1.165) is 5.56 Å². The fourth-order valence-corrected chi connectivity index (χ4v) is 4.66. The van der Waals surface area contributed by atoms with Crippen LogP contribution in [0, 0.1) is 0 Å². The minimum Gasteiger partial charge on any atom is -0.388 e. The number of amides is 2. The molecule has 0 radical (unpaired) electrons. The largest absolute Gasteiger partial charge is 0.388 e. The van der Waals surface area contributed by atoms with E-state index in [2.05, 4.69) is 10.3 Å². The smallest absolute Gasteiger partial charge is 0.252 e. The van der Waals surface area contributed by atoms with Crippen LogP contribution in [0.15, 0.2) is 53.5 Å². The van der Waals surface area contributed by atoms with Gasteiger partial charge in [-0.2, -0.15) is 0 Å². The molecule has 2 heterocycles. The first-order valence-electron chi connectivity index (χ1n) is 11.5. The van der Waals surface area contributed by atoms with Gasteiger partial charge in [0, 0.05) is 30.1 Å². The molecule has 2 aromatic rings. The third-order valence-electron chi connectivity index (χ3n) is 6.45. The minimum absolute atomic E-state index is 0.133. The quantitative estimate of drug-likeness (QED) is 0.539. The highest BCUT2D eigenvalue weighted by Crippen LogP contribution is 2.35. The highest BCUT2D eigenvalue weighted by molar-refractivity contribution is 6.30. The second kappa shape index (κ2) is 10.7. The number of alkyl halides is 1. The molecule has 10 heteroatoms. The second-order valence-corrected chi connectivity index (χ2v) is 9.42. The predicted molar refractivity (Wildman–Crippen MR) is 130 cm³/mol. The van der Waals surface area contributed by atoms with Gasteiger partial charge in [0.1, 0.15) is 6.04 Å². The van der Waals surface area contributed by atoms with Gasteiger partial charge < -0.3 is 25.3 Å². The molecule has 3 N–H and O–H groups in total. The Bertz CT molecular complexity index is 1090. The lowest BCUT2D eigenvalue weighted by molar-refractivity contribution is -0.141. The zero-order chi connectivity index (χ0) is 25.0. The molecule has 1 saturated heterocycles. The second-order valence-electron chi connectivity index (χ2n) is 8.99. The predicted octanol–water partition coefficient (Wildman–Crippen LogP) is 2.36. The Morgan fingerprint density at radius 2 is 1.91 bits per heavy atom. The van der Waals surface area contributed by atoms with Gasteiger partial charge >= 0.3 is 0 Å². The Labute approximate surface area is 208 Å². The molecule has 2 aliphatic heterocycles. The van der Waals surface area contributed by atoms with Gasteiger partial charge in [0.2, 0.25) is 5.91 Å². The van der Waals surface area contributed by atoms with Crippen molar-refractivity contribution in [1.29, 1.82) is 0 Å². The number of hydrogen-bond donors (Lipinski definition) is 3. The average molecular weight is 503 g/mol. The number of halogens is 2. The number of benzene rings is 2. The number of likely N-dealkylation sites (tertiary alicyclic amines) is 1. The van der Waals surface area contributed by atoms with E-state index in [1.165, 1.54) is 6.34 Å². The maximum Gasteiger partial charge on any atom is 0.252 e. The van der Waals surface area contributed by atoms with E-state index < -0.39 is 30.5 Å². The number of piperidine rings is 1. The zero-order valence-corrected chi connectivity index (χ0v) is 19.9. The van der Waals surface area contributed by atoms with Gasteiger partial charge in [0.25, 0.3) is 5.91 Å². The van der Waals surface area contributed by atoms with Crippen LogP contribution in [0.4, 0.5) is 10.1 Å². The number of carbonyl (C=O) groups is 2. The summed E-state index contributed by atoms with van der Waals surface area (Å²) in [5.41, 5.74) is 0.873. The van der Waals surface area contributed by atoms with E-state index >= 15 is 0 Å². The first-order valence-corrected chi connectivity index (χ1v) is 11.8. The molecule has 2 aromatic carbocycles. The SMILES string of the molecule is O=C(CF)N[C@@H](Cc1ccccc1)C(=O)N1CCC(O)(CN2C=Nc3cc(Cl)ccc3C2O)CC1. The summed E-state index contributed by atoms with van der Waals surface area (Å²) in [6.07, 6.45) is 1.30. The maximum atomic E-state index is 13.2. The molecule has 2 aliphatic rings. The van der Waals surface area contributed by atoms with Gasteiger partial charge in [-0.1, -0.05) is 48.0 Å². The number of carbonyl (C=O) groups excluding carboxylic acids is 2. The fourth-order valence-electron chi connectivity index (χ4n) is 4.50. The Morgan fingerprint density at radius 1 is 1.20 bits per heavy atom. The third-order valence-corrected chi connectivity index (χ3v) is 6.69. The molecular weight excluding hydrogens is 475 g/mol. The van der Waals surface area contributed by atoms with Crippen LogP contribution in [0.3, 0.4) is 0 Å². The summed E-state index contributed by atoms with van der Waals surface area (Å²) in [5, 5.41) is 25.0. The van der Waals surface area contributed by atoms with Crippen LogP contribution < -0.4 is 5.32 Å². The molecule has 0 aromatic heterocycles. The van der Waals surface area contributed by atoms with Gasteiger partial charge in [-0.05, 0) is 30.5 Å². The Morgan fingerprint density at radius 3 is 2.60 bits per heavy atom. The molecule has 4 rings (SSSR count). The van der Waals surface area contributed by atoms with Crippen molar-refractivity contribution in [2.24, 2.45) is 4.99 Å². The van der Waals surface area contributed by atoms with Gasteiger partial charge in [-0.3, -0.25) is 9.59 Å². The lowest BCUT2D eigenvalue weighted by atomic mass is 9.89. The number of hydrogen-bond acceptors (Lipinski definition) is 6. The van der Waals surface area contributed by atoms with E-state index in [0.29, 0.717) is 16.3 Å². The standard InChI is InChI=1S/C25H28ClFN4O4/c26-18-6-7-19-20(13-18)28-16-31(23(19)33)15-25(35)8-10-30(11-9-25)24(34)21(29-22(32)14-27)12-17-4-2-1-3-5-17/h1-7,13,16,21,23,33,35H,8-12,14-15H2,(H,29,32)/t21-,23?/m0/s1. The van der Waals surface area contributed by atoms with Crippen LogP contribution in [0.1, 0.15) is 30.2 Å². The van der Waals surface area contributed by atoms with E-state index in [1.54, 1.807) is 28.0 Å². The van der Waals surface area contributed by atoms with E-state index in [9.17, 15) is 24.2 Å². The fraction of sp³-hybridized carbons (Fsp3) is 0.400. The van der Waals surface area contributed by atoms with Crippen molar-refractivity contribution in [3.8, 4) is 0 Å². The van der Waals surface area contributed by atoms with Crippen molar-refractivity contribution in [2.45, 2.75) is 37.1 Å². The minimum atomic E-state index is -1.20. The molecule has 0 spiro atoms. The normalized spacial score (nSPS) is 19.7. The van der Waals surface area contributed by atoms with Gasteiger partial charge in [-0.15, -0.1) is 0 Å². The van der Waals surface area contributed by atoms with Crippen LogP contribution >= 0.6 is 11.6 Å². The van der Waals surface area contributed by atoms with Crippen LogP contribution in [0.2, 0.25) is 5.02 Å². The highest BCUT2D eigenvalue weighted by atomic mass is 35.5. The van der Waals surface area contributed by atoms with Crippen molar-refractivity contribution >= 4 is 35.4 Å². The molecule has 2 atom stereocenters. The molecule has 186 valence electrons. The van der Waals surface area contributed by atoms with Crippen LogP contribution in [0.25, 0.3) is 0 Å². The number of aliphatic hydroxyl groups excluding tert-OH is 1. The number of aliphatic hydroxyl groups is 2. The number of nitrogens with zero attached hydrogens (tertiary/aromatic N) is 3. The van der Waals surface area contributed by atoms with Crippen LogP contribution in [-0.2, 0) is 16.0 Å². The monoisotopic (exact) mass is 502 g/mol. The summed E-state index contributed by atoms with van der Waals surface area (Å²) < 4.78 is 12.8. The molecule has 35 heavy (non-hydrogen) atoms. The highest BCUT2D eigenvalue weighted by Gasteiger charge is 2.39. The molecular formula is C25H28ClFN4O4. The molecule has 0 bridgehead atoms. The summed E-state index contributed by atoms with van der Waals surface area (Å²) >= 11 is 6.00. The average Bonchev–Trinajstić information content (AvgIpc) is 2.86. The lowest BCUT2D eigenvalue weighted by Gasteiger charge is -2.43. The Hall–Kier alpha value is -3.01. The van der Waals surface area contributed by atoms with E-state index in [4.69, 9.17) is 11.6 Å². The molecule has 0 aliphatic carbocycles. The van der Waals surface area contributed by atoms with Crippen molar-refractivity contribution in [2.75, 3.05) is 26.3 Å². The number of rotatable bonds is 7. The molecule has 1 fully saturated rings. The van der Waals surface area contributed by atoms with Gasteiger partial charge in [0.05, 0.1) is 24.2 Å². The molecule has 2 amide bonds. The Balaban J connectivity index is 1.38. The van der Waals surface area contributed by atoms with Crippen molar-refractivity contribution in [1.82, 2.24) is 15.1 Å². The summed E-state index contributed by atoms with van der Waals surface area (Å²) in [6.45, 7) is -0.542. The van der Waals surface area contributed by atoms with Gasteiger partial charge in [0.15, 0.2) is 12.9 Å². The number of fused-ring (bicyclic) bond motifs is 1. The van der Waals surface area contributed by atoms with Gasteiger partial charge in [-0.25, -0.2) is 9.38 Å². The van der Waals surface area contributed by atoms with Crippen molar-refractivity contribution < 1.29 is 24.2 Å². The van der Waals surface area contributed by atoms with Crippen LogP contribution in [0.5, 0.6) is 0 Å². The van der Waals surface area contributed by atoms with Crippen molar-refractivity contribution in [3.05, 3.63) is 64.7 Å². The van der Waals surface area contributed by atoms with E-state index in [-0.39, 0.29) is 44.8 Å². The lowest BCUT2D eigenvalue weighted by Crippen LogP contribution is -2.56. The number of nitrogens with one attached hydrogen (secondary N) is 1. The molecule has 0 saturated carbocycles. The van der Waals surface area contributed by atoms with Crippen molar-refractivity contribution in [3.63, 3.8) is 0 Å². The summed E-state index contributed by atoms with van der Waals surface area (Å²) in [7, 11) is 0. The molecule has 8 nitrogen and oxygen atoms in total. The first kappa shape index (κ1) is 25.1. The third kappa shape index (κ3) is 5.98. The molecule has 1 unspecified atom stereocenters. The number of β-amino-alcohol motifs (C(OH)–C–C–N with tert-alkyl or cyclic N) is 1. The summed E-state index contributed by atoms with van der Waals surface area (Å²) in [4.78, 5) is 32.4. The number of aliphatic imine (C=N–C) groups is 1. The van der Waals surface area contributed by atoms with E-state index in [1.807, 2.05) is 30.3 Å².